The first-order chi connectivity index (χ1) is 14.4. The lowest BCUT2D eigenvalue weighted by Crippen LogP contribution is -2.09. The molecule has 30 heavy (non-hydrogen) atoms. The Morgan fingerprint density at radius 3 is 1.83 bits per heavy atom. The summed E-state index contributed by atoms with van der Waals surface area (Å²) in [7, 11) is 0. The van der Waals surface area contributed by atoms with E-state index in [4.69, 9.17) is 0 Å². The molecule has 5 rings (SSSR count). The number of Topliss-reactive ketones (excluding diaryl/α,β-unsaturated/α-hetero) is 1. The maximum atomic E-state index is 13.4. The second-order valence-electron chi connectivity index (χ2n) is 8.49. The Morgan fingerprint density at radius 1 is 0.567 bits per heavy atom. The summed E-state index contributed by atoms with van der Waals surface area (Å²) in [6, 6.07) is 19.4. The summed E-state index contributed by atoms with van der Waals surface area (Å²) in [4.78, 5) is 13.4. The highest BCUT2D eigenvalue weighted by Gasteiger charge is 2.29. The van der Waals surface area contributed by atoms with Crippen molar-refractivity contribution in [1.29, 1.82) is 0 Å². The third-order valence-electron chi connectivity index (χ3n) is 6.20. The Morgan fingerprint density at radius 2 is 1.17 bits per heavy atom. The highest BCUT2D eigenvalue weighted by molar-refractivity contribution is 6.38. The second-order valence-corrected chi connectivity index (χ2v) is 8.49. The quantitative estimate of drug-likeness (QED) is 0.460. The summed E-state index contributed by atoms with van der Waals surface area (Å²) < 4.78 is 0. The highest BCUT2D eigenvalue weighted by Crippen LogP contribution is 2.43. The van der Waals surface area contributed by atoms with Gasteiger partial charge in [-0.15, -0.1) is 0 Å². The number of carbonyl (C=O) groups is 1. The van der Waals surface area contributed by atoms with Gasteiger partial charge >= 0.3 is 0 Å². The largest absolute Gasteiger partial charge is 0.289 e. The van der Waals surface area contributed by atoms with Crippen LogP contribution in [0, 0.1) is 27.7 Å². The topological polar surface area (TPSA) is 17.1 Å². The first-order valence-corrected chi connectivity index (χ1v) is 10.4. The summed E-state index contributed by atoms with van der Waals surface area (Å²) in [5, 5.41) is 0. The van der Waals surface area contributed by atoms with Crippen molar-refractivity contribution in [3.63, 3.8) is 0 Å². The lowest BCUT2D eigenvalue weighted by atomic mass is 9.86. The molecule has 1 heteroatoms. The standard InChI is InChI=1S/C29H24O/c1-17-5-8-23(19(3)13-17)21-7-10-25-22(15-21)16-28-26(25)11-12-27(29(28)30)24-9-6-18(2)14-20(24)4/h5-16H,1-4H3. The van der Waals surface area contributed by atoms with Crippen LogP contribution in [0.5, 0.6) is 0 Å². The molecule has 0 heterocycles. The number of aryl methyl sites for hydroxylation is 4. The fourth-order valence-electron chi connectivity index (χ4n) is 4.69. The minimum atomic E-state index is 0.115. The fraction of sp³-hybridized carbons (Fsp3) is 0.138. The molecule has 3 aromatic carbocycles. The van der Waals surface area contributed by atoms with Gasteiger partial charge < -0.3 is 0 Å². The molecule has 0 spiro atoms. The lowest BCUT2D eigenvalue weighted by Gasteiger charge is -2.16. The Labute approximate surface area is 178 Å². The van der Waals surface area contributed by atoms with Crippen molar-refractivity contribution >= 4 is 23.0 Å². The van der Waals surface area contributed by atoms with E-state index in [1.54, 1.807) is 0 Å². The van der Waals surface area contributed by atoms with Gasteiger partial charge in [0.2, 0.25) is 0 Å². The predicted molar refractivity (Wildman–Crippen MR) is 126 cm³/mol. The molecule has 0 aliphatic heterocycles. The molecule has 0 bridgehead atoms. The summed E-state index contributed by atoms with van der Waals surface area (Å²) >= 11 is 0. The first kappa shape index (κ1) is 18.6. The number of allylic oxidation sites excluding steroid dienone is 5. The van der Waals surface area contributed by atoms with Crippen LogP contribution in [0.1, 0.15) is 38.9 Å². The van der Waals surface area contributed by atoms with Gasteiger partial charge in [-0.05, 0) is 90.4 Å². The Kier molecular flexibility index (Phi) is 4.22. The molecule has 2 aliphatic carbocycles. The fourth-order valence-corrected chi connectivity index (χ4v) is 4.69. The molecule has 0 N–H and O–H groups in total. The third kappa shape index (κ3) is 2.90. The lowest BCUT2D eigenvalue weighted by molar-refractivity contribution is -0.110. The van der Waals surface area contributed by atoms with Crippen LogP contribution < -0.4 is 0 Å². The van der Waals surface area contributed by atoms with E-state index < -0.39 is 0 Å². The second kappa shape index (κ2) is 6.81. The van der Waals surface area contributed by atoms with Gasteiger partial charge in [-0.2, -0.15) is 0 Å². The summed E-state index contributed by atoms with van der Waals surface area (Å²) in [6.07, 6.45) is 6.15. The number of benzene rings is 3. The van der Waals surface area contributed by atoms with E-state index in [1.165, 1.54) is 27.8 Å². The van der Waals surface area contributed by atoms with Crippen LogP contribution in [0.25, 0.3) is 28.3 Å². The van der Waals surface area contributed by atoms with E-state index in [0.717, 1.165) is 39.0 Å². The molecule has 1 nitrogen and oxygen atoms in total. The molecule has 0 unspecified atom stereocenters. The number of hydrogen-bond acceptors (Lipinski definition) is 1. The number of ketones is 1. The predicted octanol–water partition coefficient (Wildman–Crippen LogP) is 7.03. The van der Waals surface area contributed by atoms with Crippen LogP contribution in [-0.2, 0) is 4.79 Å². The van der Waals surface area contributed by atoms with Gasteiger partial charge in [0.05, 0.1) is 0 Å². The molecule has 2 aliphatic rings. The summed E-state index contributed by atoms with van der Waals surface area (Å²) in [6.45, 7) is 8.42. The molecule has 0 aromatic heterocycles. The maximum Gasteiger partial charge on any atom is 0.194 e. The van der Waals surface area contributed by atoms with Crippen molar-refractivity contribution in [2.75, 3.05) is 0 Å². The Hall–Kier alpha value is -3.45. The molecule has 3 aromatic rings. The van der Waals surface area contributed by atoms with Crippen molar-refractivity contribution < 1.29 is 4.79 Å². The Bertz CT molecular complexity index is 1330. The van der Waals surface area contributed by atoms with E-state index in [0.29, 0.717) is 0 Å². The molecule has 0 saturated heterocycles. The van der Waals surface area contributed by atoms with Crippen LogP contribution in [0.2, 0.25) is 0 Å². The summed E-state index contributed by atoms with van der Waals surface area (Å²) in [5.41, 5.74) is 13.2. The number of hydrogen-bond donors (Lipinski definition) is 0. The zero-order valence-corrected chi connectivity index (χ0v) is 17.8. The van der Waals surface area contributed by atoms with E-state index in [-0.39, 0.29) is 5.78 Å². The minimum absolute atomic E-state index is 0.115. The van der Waals surface area contributed by atoms with E-state index >= 15 is 0 Å². The zero-order chi connectivity index (χ0) is 21.0. The van der Waals surface area contributed by atoms with Crippen molar-refractivity contribution in [3.05, 3.63) is 111 Å². The van der Waals surface area contributed by atoms with Gasteiger partial charge in [-0.25, -0.2) is 0 Å². The number of carbonyl (C=O) groups excluding carboxylic acids is 1. The van der Waals surface area contributed by atoms with Gasteiger partial charge in [0.15, 0.2) is 5.78 Å². The molecule has 146 valence electrons. The van der Waals surface area contributed by atoms with Crippen molar-refractivity contribution in [2.24, 2.45) is 0 Å². The van der Waals surface area contributed by atoms with Crippen molar-refractivity contribution in [1.82, 2.24) is 0 Å². The molecular weight excluding hydrogens is 364 g/mol. The smallest absolute Gasteiger partial charge is 0.194 e. The van der Waals surface area contributed by atoms with Gasteiger partial charge in [0, 0.05) is 11.1 Å². The Balaban J connectivity index is 1.56. The number of fused-ring (bicyclic) bond motifs is 3. The van der Waals surface area contributed by atoms with Crippen molar-refractivity contribution in [3.8, 4) is 11.1 Å². The van der Waals surface area contributed by atoms with Crippen LogP contribution in [0.4, 0.5) is 0 Å². The van der Waals surface area contributed by atoms with Gasteiger partial charge in [0.1, 0.15) is 0 Å². The molecular formula is C29H24O. The maximum absolute atomic E-state index is 13.4. The van der Waals surface area contributed by atoms with Crippen molar-refractivity contribution in [2.45, 2.75) is 27.7 Å². The average molecular weight is 389 g/mol. The molecule has 0 saturated carbocycles. The van der Waals surface area contributed by atoms with Crippen LogP contribution in [0.3, 0.4) is 0 Å². The zero-order valence-electron chi connectivity index (χ0n) is 17.8. The molecule has 0 atom stereocenters. The highest BCUT2D eigenvalue weighted by atomic mass is 16.1. The summed E-state index contributed by atoms with van der Waals surface area (Å²) in [5.74, 6) is 0.115. The normalized spacial score (nSPS) is 14.7. The van der Waals surface area contributed by atoms with Crippen LogP contribution >= 0.6 is 0 Å². The van der Waals surface area contributed by atoms with Gasteiger partial charge in [-0.1, -0.05) is 65.7 Å². The van der Waals surface area contributed by atoms with Gasteiger partial charge in [0.25, 0.3) is 0 Å². The van der Waals surface area contributed by atoms with Gasteiger partial charge in [-0.3, -0.25) is 4.79 Å². The number of rotatable bonds is 2. The molecule has 0 amide bonds. The minimum Gasteiger partial charge on any atom is -0.289 e. The molecule has 0 fully saturated rings. The van der Waals surface area contributed by atoms with Crippen LogP contribution in [0.15, 0.2) is 72.3 Å². The third-order valence-corrected chi connectivity index (χ3v) is 6.20. The average Bonchev–Trinajstić information content (AvgIpc) is 3.08. The molecule has 0 radical (unpaired) electrons. The first-order valence-electron chi connectivity index (χ1n) is 10.4. The van der Waals surface area contributed by atoms with Crippen LogP contribution in [-0.4, -0.2) is 5.78 Å². The monoisotopic (exact) mass is 388 g/mol. The van der Waals surface area contributed by atoms with E-state index in [2.05, 4.69) is 94.4 Å². The van der Waals surface area contributed by atoms with E-state index in [9.17, 15) is 4.79 Å². The van der Waals surface area contributed by atoms with E-state index in [1.807, 2.05) is 6.08 Å². The SMILES string of the molecule is Cc1ccc(C2=CC=C3C(=Cc4cc(-c5ccc(C)cc5C)ccc43)C2=O)c(C)c1.